The molecule has 0 unspecified atom stereocenters. The summed E-state index contributed by atoms with van der Waals surface area (Å²) in [7, 11) is 0. The molecule has 1 aliphatic rings. The van der Waals surface area contributed by atoms with Gasteiger partial charge in [0.25, 0.3) is 0 Å². The highest BCUT2D eigenvalue weighted by atomic mass is 35.5. The van der Waals surface area contributed by atoms with E-state index >= 15 is 0 Å². The summed E-state index contributed by atoms with van der Waals surface area (Å²) in [5, 5.41) is 3.46. The number of nitrogens with one attached hydrogen (secondary N) is 1. The van der Waals surface area contributed by atoms with Gasteiger partial charge in [0.1, 0.15) is 0 Å². The van der Waals surface area contributed by atoms with Crippen molar-refractivity contribution in [3.05, 3.63) is 53.6 Å². The highest BCUT2D eigenvalue weighted by Crippen LogP contribution is 2.29. The molecule has 2 aromatic rings. The number of anilines is 1. The standard InChI is InChI=1S/C16H17N.ClH/c1-12-5-2-3-7-15(12)13-8-9-16-14(11-13)6-4-10-17-16;/h2-3,5,7-9,11,17H,4,6,10H2,1H3;1H. The predicted molar refractivity (Wildman–Crippen MR) is 80.7 cm³/mol. The second-order valence-corrected chi connectivity index (χ2v) is 4.72. The van der Waals surface area contributed by atoms with E-state index < -0.39 is 0 Å². The number of halogens is 1. The van der Waals surface area contributed by atoms with E-state index in [4.69, 9.17) is 0 Å². The summed E-state index contributed by atoms with van der Waals surface area (Å²) in [6.07, 6.45) is 2.44. The van der Waals surface area contributed by atoms with Crippen molar-refractivity contribution in [2.24, 2.45) is 0 Å². The molecule has 1 heterocycles. The Labute approximate surface area is 115 Å². The van der Waals surface area contributed by atoms with Gasteiger partial charge in [-0.1, -0.05) is 30.3 Å². The second-order valence-electron chi connectivity index (χ2n) is 4.72. The molecule has 0 atom stereocenters. The quantitative estimate of drug-likeness (QED) is 0.798. The molecule has 0 fully saturated rings. The molecular weight excluding hydrogens is 242 g/mol. The molecular formula is C16H18ClN. The minimum Gasteiger partial charge on any atom is -0.385 e. The van der Waals surface area contributed by atoms with Gasteiger partial charge < -0.3 is 5.32 Å². The Morgan fingerprint density at radius 1 is 1.06 bits per heavy atom. The van der Waals surface area contributed by atoms with E-state index in [9.17, 15) is 0 Å². The molecule has 2 heteroatoms. The topological polar surface area (TPSA) is 12.0 Å². The van der Waals surface area contributed by atoms with Gasteiger partial charge in [0, 0.05) is 12.2 Å². The summed E-state index contributed by atoms with van der Waals surface area (Å²) in [4.78, 5) is 0. The Hall–Kier alpha value is -1.47. The van der Waals surface area contributed by atoms with Crippen LogP contribution in [-0.4, -0.2) is 6.54 Å². The Balaban J connectivity index is 0.00000120. The number of hydrogen-bond donors (Lipinski definition) is 1. The molecule has 0 aliphatic carbocycles. The number of aryl methyl sites for hydroxylation is 2. The van der Waals surface area contributed by atoms with Crippen LogP contribution >= 0.6 is 12.4 Å². The average Bonchev–Trinajstić information content (AvgIpc) is 2.39. The van der Waals surface area contributed by atoms with Crippen molar-refractivity contribution in [1.82, 2.24) is 0 Å². The van der Waals surface area contributed by atoms with Gasteiger partial charge in [0.05, 0.1) is 0 Å². The van der Waals surface area contributed by atoms with Gasteiger partial charge in [-0.25, -0.2) is 0 Å². The van der Waals surface area contributed by atoms with Crippen LogP contribution < -0.4 is 5.32 Å². The van der Waals surface area contributed by atoms with Crippen LogP contribution in [0.15, 0.2) is 42.5 Å². The number of hydrogen-bond acceptors (Lipinski definition) is 1. The summed E-state index contributed by atoms with van der Waals surface area (Å²) >= 11 is 0. The maximum Gasteiger partial charge on any atom is 0.0373 e. The second kappa shape index (κ2) is 5.45. The molecule has 0 aromatic heterocycles. The highest BCUT2D eigenvalue weighted by molar-refractivity contribution is 5.85. The number of fused-ring (bicyclic) bond motifs is 1. The zero-order valence-electron chi connectivity index (χ0n) is 10.6. The van der Waals surface area contributed by atoms with E-state index in [0.29, 0.717) is 0 Å². The molecule has 2 aromatic carbocycles. The van der Waals surface area contributed by atoms with E-state index in [2.05, 4.69) is 54.7 Å². The molecule has 1 N–H and O–H groups in total. The van der Waals surface area contributed by atoms with Crippen molar-refractivity contribution in [2.45, 2.75) is 19.8 Å². The van der Waals surface area contributed by atoms with Crippen molar-refractivity contribution < 1.29 is 0 Å². The first-order valence-corrected chi connectivity index (χ1v) is 6.27. The first kappa shape index (κ1) is 13.0. The Morgan fingerprint density at radius 3 is 2.72 bits per heavy atom. The van der Waals surface area contributed by atoms with E-state index in [-0.39, 0.29) is 12.4 Å². The number of rotatable bonds is 1. The fourth-order valence-corrected chi connectivity index (χ4v) is 2.54. The molecule has 0 amide bonds. The molecule has 0 saturated heterocycles. The average molecular weight is 260 g/mol. The van der Waals surface area contributed by atoms with Crippen LogP contribution in [0, 0.1) is 6.92 Å². The van der Waals surface area contributed by atoms with Crippen molar-refractivity contribution in [1.29, 1.82) is 0 Å². The zero-order chi connectivity index (χ0) is 11.7. The third-order valence-electron chi connectivity index (χ3n) is 3.50. The van der Waals surface area contributed by atoms with Gasteiger partial charge in [-0.2, -0.15) is 0 Å². The molecule has 0 bridgehead atoms. The largest absolute Gasteiger partial charge is 0.385 e. The van der Waals surface area contributed by atoms with Crippen LogP contribution in [0.25, 0.3) is 11.1 Å². The Kier molecular flexibility index (Phi) is 3.93. The SMILES string of the molecule is Cc1ccccc1-c1ccc2c(c1)CCCN2.Cl. The Bertz CT molecular complexity index is 549. The third kappa shape index (κ3) is 2.37. The van der Waals surface area contributed by atoms with Gasteiger partial charge in [0.15, 0.2) is 0 Å². The molecule has 1 nitrogen and oxygen atoms in total. The lowest BCUT2D eigenvalue weighted by molar-refractivity contribution is 0.830. The van der Waals surface area contributed by atoms with Gasteiger partial charge in [-0.15, -0.1) is 12.4 Å². The van der Waals surface area contributed by atoms with Gasteiger partial charge in [0.2, 0.25) is 0 Å². The molecule has 94 valence electrons. The lowest BCUT2D eigenvalue weighted by atomic mass is 9.95. The van der Waals surface area contributed by atoms with E-state index in [0.717, 1.165) is 6.54 Å². The zero-order valence-corrected chi connectivity index (χ0v) is 11.4. The first-order valence-electron chi connectivity index (χ1n) is 6.27. The van der Waals surface area contributed by atoms with Crippen molar-refractivity contribution in [3.8, 4) is 11.1 Å². The molecule has 3 rings (SSSR count). The number of benzene rings is 2. The third-order valence-corrected chi connectivity index (χ3v) is 3.50. The fourth-order valence-electron chi connectivity index (χ4n) is 2.54. The van der Waals surface area contributed by atoms with Crippen LogP contribution in [-0.2, 0) is 6.42 Å². The molecule has 18 heavy (non-hydrogen) atoms. The van der Waals surface area contributed by atoms with Crippen LogP contribution in [0.2, 0.25) is 0 Å². The summed E-state index contributed by atoms with van der Waals surface area (Å²) < 4.78 is 0. The maximum absolute atomic E-state index is 3.46. The van der Waals surface area contributed by atoms with Crippen LogP contribution in [0.3, 0.4) is 0 Å². The Morgan fingerprint density at radius 2 is 1.89 bits per heavy atom. The van der Waals surface area contributed by atoms with Crippen molar-refractivity contribution in [2.75, 3.05) is 11.9 Å². The van der Waals surface area contributed by atoms with Crippen molar-refractivity contribution >= 4 is 18.1 Å². The minimum atomic E-state index is 0. The first-order chi connectivity index (χ1) is 8.34. The normalized spacial score (nSPS) is 13.2. The van der Waals surface area contributed by atoms with Gasteiger partial charge >= 0.3 is 0 Å². The van der Waals surface area contributed by atoms with E-state index in [1.807, 2.05) is 0 Å². The molecule has 0 radical (unpaired) electrons. The van der Waals surface area contributed by atoms with Crippen LogP contribution in [0.4, 0.5) is 5.69 Å². The highest BCUT2D eigenvalue weighted by Gasteiger charge is 2.10. The monoisotopic (exact) mass is 259 g/mol. The lowest BCUT2D eigenvalue weighted by Gasteiger charge is -2.19. The van der Waals surface area contributed by atoms with E-state index in [1.165, 1.54) is 40.8 Å². The van der Waals surface area contributed by atoms with E-state index in [1.54, 1.807) is 0 Å². The summed E-state index contributed by atoms with van der Waals surface area (Å²) in [6.45, 7) is 3.28. The van der Waals surface area contributed by atoms with Gasteiger partial charge in [-0.05, 0) is 54.2 Å². The molecule has 0 spiro atoms. The smallest absolute Gasteiger partial charge is 0.0373 e. The molecule has 0 saturated carbocycles. The van der Waals surface area contributed by atoms with Crippen LogP contribution in [0.1, 0.15) is 17.5 Å². The maximum atomic E-state index is 3.46. The van der Waals surface area contributed by atoms with Gasteiger partial charge in [-0.3, -0.25) is 0 Å². The van der Waals surface area contributed by atoms with Crippen molar-refractivity contribution in [3.63, 3.8) is 0 Å². The minimum absolute atomic E-state index is 0. The fraction of sp³-hybridized carbons (Fsp3) is 0.250. The molecule has 1 aliphatic heterocycles. The predicted octanol–water partition coefficient (Wildman–Crippen LogP) is 4.44. The summed E-state index contributed by atoms with van der Waals surface area (Å²) in [5.74, 6) is 0. The summed E-state index contributed by atoms with van der Waals surface area (Å²) in [5.41, 5.74) is 6.80. The van der Waals surface area contributed by atoms with Crippen LogP contribution in [0.5, 0.6) is 0 Å². The lowest BCUT2D eigenvalue weighted by Crippen LogP contribution is -2.11. The summed E-state index contributed by atoms with van der Waals surface area (Å²) in [6, 6.07) is 15.4.